The van der Waals surface area contributed by atoms with Gasteiger partial charge in [0.25, 0.3) is 5.91 Å². The molecule has 2 heterocycles. The van der Waals surface area contributed by atoms with Gasteiger partial charge in [-0.25, -0.2) is 8.42 Å². The zero-order valence-electron chi connectivity index (χ0n) is 11.9. The number of sulfonamides is 1. The quantitative estimate of drug-likeness (QED) is 0.798. The molecule has 122 valence electrons. The number of hydrogen-bond donors (Lipinski definition) is 1. The number of amides is 1. The van der Waals surface area contributed by atoms with E-state index in [4.69, 9.17) is 9.84 Å². The molecule has 2 rings (SSSR count). The third-order valence-electron chi connectivity index (χ3n) is 3.13. The van der Waals surface area contributed by atoms with Crippen LogP contribution < -0.4 is 0 Å². The molecule has 0 radical (unpaired) electrons. The molecular weight excluding hydrogens is 332 g/mol. The van der Waals surface area contributed by atoms with Gasteiger partial charge < -0.3 is 14.7 Å². The van der Waals surface area contributed by atoms with Gasteiger partial charge in [0, 0.05) is 20.1 Å². The largest absolute Gasteiger partial charge is 0.480 e. The average Bonchev–Trinajstić information content (AvgIpc) is 2.96. The number of carboxylic acid groups (broad SMARTS) is 1. The molecule has 1 aromatic rings. The third kappa shape index (κ3) is 3.46. The van der Waals surface area contributed by atoms with Crippen LogP contribution in [0.15, 0.2) is 16.3 Å². The monoisotopic (exact) mass is 348 g/mol. The number of carbonyl (C=O) groups is 2. The summed E-state index contributed by atoms with van der Waals surface area (Å²) < 4.78 is 31.6. The van der Waals surface area contributed by atoms with Gasteiger partial charge in [-0.2, -0.15) is 4.31 Å². The Bertz CT molecular complexity index is 663. The molecule has 1 N–H and O–H groups in total. The number of nitrogens with zero attached hydrogens (tertiary/aromatic N) is 2. The van der Waals surface area contributed by atoms with Crippen LogP contribution in [0.1, 0.15) is 9.67 Å². The second-order valence-corrected chi connectivity index (χ2v) is 7.51. The topological polar surface area (TPSA) is 104 Å². The fraction of sp³-hybridized carbons (Fsp3) is 0.500. The predicted molar refractivity (Wildman–Crippen MR) is 78.5 cm³/mol. The molecule has 0 spiro atoms. The van der Waals surface area contributed by atoms with E-state index in [9.17, 15) is 18.0 Å². The van der Waals surface area contributed by atoms with E-state index in [1.54, 1.807) is 0 Å². The fourth-order valence-corrected chi connectivity index (χ4v) is 4.83. The number of thiophene rings is 1. The summed E-state index contributed by atoms with van der Waals surface area (Å²) in [5.41, 5.74) is 0. The molecule has 1 aromatic heterocycles. The lowest BCUT2D eigenvalue weighted by atomic mass is 10.4. The number of rotatable bonds is 5. The van der Waals surface area contributed by atoms with Gasteiger partial charge in [-0.3, -0.25) is 9.59 Å². The minimum absolute atomic E-state index is 0.0234. The maximum absolute atomic E-state index is 12.6. The van der Waals surface area contributed by atoms with E-state index in [-0.39, 0.29) is 22.9 Å². The van der Waals surface area contributed by atoms with Crippen molar-refractivity contribution in [3.05, 3.63) is 16.3 Å². The van der Waals surface area contributed by atoms with E-state index in [1.165, 1.54) is 22.8 Å². The lowest BCUT2D eigenvalue weighted by Crippen LogP contribution is -2.41. The number of morpholine rings is 1. The van der Waals surface area contributed by atoms with Gasteiger partial charge in [-0.15, -0.1) is 11.3 Å². The molecule has 1 fully saturated rings. The molecule has 0 atom stereocenters. The van der Waals surface area contributed by atoms with E-state index in [2.05, 4.69) is 0 Å². The standard InChI is InChI=1S/C12H16N2O6S2/c1-13(8-10(15)16)12(17)11-9(2-7-21-11)22(18,19)14-3-5-20-6-4-14/h2,7H,3-6,8H2,1H3,(H,15,16). The molecule has 10 heteroatoms. The molecule has 1 amide bonds. The second kappa shape index (κ2) is 6.73. The van der Waals surface area contributed by atoms with Crippen molar-refractivity contribution in [3.8, 4) is 0 Å². The van der Waals surface area contributed by atoms with Crippen LogP contribution in [-0.2, 0) is 19.6 Å². The van der Waals surface area contributed by atoms with Crippen molar-refractivity contribution in [1.82, 2.24) is 9.21 Å². The Balaban J connectivity index is 2.28. The van der Waals surface area contributed by atoms with E-state index in [0.29, 0.717) is 13.2 Å². The predicted octanol–water partition coefficient (Wildman–Crippen LogP) is -0.0744. The van der Waals surface area contributed by atoms with Crippen LogP contribution in [-0.4, -0.2) is 74.5 Å². The SMILES string of the molecule is CN(CC(=O)O)C(=O)c1sccc1S(=O)(=O)N1CCOCC1. The van der Waals surface area contributed by atoms with Crippen LogP contribution in [0.5, 0.6) is 0 Å². The number of aliphatic carboxylic acids is 1. The summed E-state index contributed by atoms with van der Waals surface area (Å²) in [7, 11) is -2.47. The summed E-state index contributed by atoms with van der Waals surface area (Å²) in [4.78, 5) is 23.9. The van der Waals surface area contributed by atoms with Crippen LogP contribution in [0, 0.1) is 0 Å². The molecule has 1 saturated heterocycles. The maximum Gasteiger partial charge on any atom is 0.323 e. The van der Waals surface area contributed by atoms with E-state index >= 15 is 0 Å². The summed E-state index contributed by atoms with van der Waals surface area (Å²) >= 11 is 0.983. The molecule has 0 unspecified atom stereocenters. The van der Waals surface area contributed by atoms with E-state index in [1.807, 2.05) is 0 Å². The zero-order valence-corrected chi connectivity index (χ0v) is 13.5. The Labute approximate surface area is 131 Å². The maximum atomic E-state index is 12.6. The normalized spacial score (nSPS) is 16.4. The number of ether oxygens (including phenoxy) is 1. The van der Waals surface area contributed by atoms with Crippen molar-refractivity contribution in [3.63, 3.8) is 0 Å². The molecule has 1 aliphatic heterocycles. The Morgan fingerprint density at radius 3 is 2.64 bits per heavy atom. The lowest BCUT2D eigenvalue weighted by Gasteiger charge is -2.26. The molecule has 0 aliphatic carbocycles. The first-order valence-corrected chi connectivity index (χ1v) is 8.78. The highest BCUT2D eigenvalue weighted by Crippen LogP contribution is 2.26. The molecule has 22 heavy (non-hydrogen) atoms. The fourth-order valence-electron chi connectivity index (χ4n) is 2.03. The average molecular weight is 348 g/mol. The van der Waals surface area contributed by atoms with Gasteiger partial charge in [-0.1, -0.05) is 0 Å². The van der Waals surface area contributed by atoms with Gasteiger partial charge in [0.05, 0.1) is 13.2 Å². The summed E-state index contributed by atoms with van der Waals surface area (Å²) in [6.07, 6.45) is 0. The number of hydrogen-bond acceptors (Lipinski definition) is 6. The lowest BCUT2D eigenvalue weighted by molar-refractivity contribution is -0.137. The van der Waals surface area contributed by atoms with Crippen LogP contribution in [0.2, 0.25) is 0 Å². The van der Waals surface area contributed by atoms with Crippen LogP contribution >= 0.6 is 11.3 Å². The van der Waals surface area contributed by atoms with Gasteiger partial charge in [-0.05, 0) is 11.4 Å². The van der Waals surface area contributed by atoms with Crippen LogP contribution in [0.25, 0.3) is 0 Å². The van der Waals surface area contributed by atoms with Crippen LogP contribution in [0.3, 0.4) is 0 Å². The van der Waals surface area contributed by atoms with Gasteiger partial charge >= 0.3 is 5.97 Å². The summed E-state index contributed by atoms with van der Waals surface area (Å²) in [6, 6.07) is 1.37. The molecule has 0 saturated carbocycles. The van der Waals surface area contributed by atoms with Gasteiger partial charge in [0.1, 0.15) is 16.3 Å². The highest BCUT2D eigenvalue weighted by molar-refractivity contribution is 7.89. The second-order valence-electron chi connectivity index (χ2n) is 4.69. The van der Waals surface area contributed by atoms with E-state index < -0.39 is 28.4 Å². The van der Waals surface area contributed by atoms with Crippen molar-refractivity contribution < 1.29 is 27.9 Å². The molecule has 0 bridgehead atoms. The van der Waals surface area contributed by atoms with Crippen molar-refractivity contribution >= 4 is 33.2 Å². The van der Waals surface area contributed by atoms with Gasteiger partial charge in [0.15, 0.2) is 0 Å². The molecule has 8 nitrogen and oxygen atoms in total. The first kappa shape index (κ1) is 16.9. The zero-order chi connectivity index (χ0) is 16.3. The van der Waals surface area contributed by atoms with Crippen LogP contribution in [0.4, 0.5) is 0 Å². The van der Waals surface area contributed by atoms with E-state index in [0.717, 1.165) is 16.2 Å². The Hall–Kier alpha value is -1.49. The van der Waals surface area contributed by atoms with Crippen molar-refractivity contribution in [2.24, 2.45) is 0 Å². The number of likely N-dealkylation sites (N-methyl/N-ethyl adjacent to an activating group) is 1. The first-order chi connectivity index (χ1) is 10.3. The minimum Gasteiger partial charge on any atom is -0.480 e. The minimum atomic E-state index is -3.79. The summed E-state index contributed by atoms with van der Waals surface area (Å²) in [6.45, 7) is 0.596. The summed E-state index contributed by atoms with van der Waals surface area (Å²) in [5.74, 6) is -1.78. The molecule has 0 aromatic carbocycles. The Morgan fingerprint density at radius 2 is 2.05 bits per heavy atom. The molecular formula is C12H16N2O6S2. The number of carbonyl (C=O) groups excluding carboxylic acids is 1. The third-order valence-corrected chi connectivity index (χ3v) is 6.10. The highest BCUT2D eigenvalue weighted by atomic mass is 32.2. The number of carboxylic acids is 1. The highest BCUT2D eigenvalue weighted by Gasteiger charge is 2.32. The van der Waals surface area contributed by atoms with Crippen molar-refractivity contribution in [2.45, 2.75) is 4.90 Å². The smallest absolute Gasteiger partial charge is 0.323 e. The van der Waals surface area contributed by atoms with Gasteiger partial charge in [0.2, 0.25) is 10.0 Å². The Kier molecular flexibility index (Phi) is 5.16. The van der Waals surface area contributed by atoms with Crippen molar-refractivity contribution in [1.29, 1.82) is 0 Å². The summed E-state index contributed by atoms with van der Waals surface area (Å²) in [5, 5.41) is 10.2. The Morgan fingerprint density at radius 1 is 1.41 bits per heavy atom. The molecule has 1 aliphatic rings. The van der Waals surface area contributed by atoms with Crippen molar-refractivity contribution in [2.75, 3.05) is 39.9 Å². The first-order valence-electron chi connectivity index (χ1n) is 6.46.